The van der Waals surface area contributed by atoms with Crippen molar-refractivity contribution in [2.75, 3.05) is 0 Å². The van der Waals surface area contributed by atoms with Crippen LogP contribution in [0.4, 0.5) is 0 Å². The molecule has 1 heterocycles. The van der Waals surface area contributed by atoms with Gasteiger partial charge in [-0.1, -0.05) is 0 Å². The minimum absolute atomic E-state index is 0. The quantitative estimate of drug-likeness (QED) is 0.487. The van der Waals surface area contributed by atoms with E-state index in [1.54, 1.807) is 0 Å². The first kappa shape index (κ1) is 12.2. The Labute approximate surface area is 95.4 Å². The van der Waals surface area contributed by atoms with Gasteiger partial charge in [-0.2, -0.15) is 13.4 Å². The molecule has 1 aromatic rings. The molecule has 0 aliphatic heterocycles. The molecule has 0 aromatic carbocycles. The van der Waals surface area contributed by atoms with Gasteiger partial charge in [-0.25, -0.2) is 9.97 Å². The average Bonchev–Trinajstić information content (AvgIpc) is 1.86. The predicted octanol–water partition coefficient (Wildman–Crippen LogP) is -0.877. The number of halogens is 1. The molecule has 9 heteroatoms. The number of nitrogens with zero attached hydrogens (tertiary/aromatic N) is 3. The zero-order valence-electron chi connectivity index (χ0n) is 4.97. The van der Waals surface area contributed by atoms with Crippen LogP contribution in [0.15, 0.2) is 11.5 Å². The van der Waals surface area contributed by atoms with Crippen LogP contribution in [-0.4, -0.2) is 57.5 Å². The van der Waals surface area contributed by atoms with Crippen molar-refractivity contribution in [2.24, 2.45) is 0 Å². The van der Waals surface area contributed by atoms with Crippen molar-refractivity contribution in [3.8, 4) is 0 Å². The van der Waals surface area contributed by atoms with Gasteiger partial charge in [0.1, 0.15) is 6.33 Å². The Kier molecular flexibility index (Phi) is 4.53. The van der Waals surface area contributed by atoms with E-state index in [4.69, 9.17) is 16.2 Å². The molecule has 62 valence electrons. The number of hydrogen-bond donors (Lipinski definition) is 1. The zero-order valence-corrected chi connectivity index (χ0v) is 6.54. The van der Waals surface area contributed by atoms with E-state index in [2.05, 4.69) is 15.0 Å². The monoisotopic (exact) mass is 219 g/mol. The second-order valence-corrected chi connectivity index (χ2v) is 3.17. The summed E-state index contributed by atoms with van der Waals surface area (Å²) in [6.45, 7) is 0. The van der Waals surface area contributed by atoms with Crippen molar-refractivity contribution in [2.45, 2.75) is 5.16 Å². The van der Waals surface area contributed by atoms with Crippen molar-refractivity contribution in [1.82, 2.24) is 15.0 Å². The number of aromatic nitrogens is 3. The van der Waals surface area contributed by atoms with Crippen LogP contribution in [0.25, 0.3) is 0 Å². The summed E-state index contributed by atoms with van der Waals surface area (Å²) in [6, 6.07) is 0. The maximum absolute atomic E-state index is 10.3. The van der Waals surface area contributed by atoms with E-state index in [1.165, 1.54) is 0 Å². The molecular weight excluding hydrogens is 217 g/mol. The van der Waals surface area contributed by atoms with Crippen LogP contribution in [0.2, 0.25) is 5.28 Å². The molecule has 0 saturated heterocycles. The van der Waals surface area contributed by atoms with E-state index < -0.39 is 15.3 Å². The summed E-state index contributed by atoms with van der Waals surface area (Å²) in [7, 11) is -4.37. The van der Waals surface area contributed by atoms with Crippen LogP contribution >= 0.6 is 11.6 Å². The van der Waals surface area contributed by atoms with Gasteiger partial charge in [0.25, 0.3) is 5.16 Å². The summed E-state index contributed by atoms with van der Waals surface area (Å²) in [5.41, 5.74) is 0. The molecule has 0 atom stereocenters. The van der Waals surface area contributed by atoms with Gasteiger partial charge < -0.3 is 0 Å². The summed E-state index contributed by atoms with van der Waals surface area (Å²) in [5.74, 6) is 0. The van der Waals surface area contributed by atoms with Crippen molar-refractivity contribution < 1.29 is 13.0 Å². The fraction of sp³-hybridized carbons (Fsp3) is 0. The Morgan fingerprint density at radius 3 is 2.33 bits per heavy atom. The Hall–Kier alpha value is 0.210. The summed E-state index contributed by atoms with van der Waals surface area (Å²) in [4.78, 5) is 9.64. The molecule has 0 aliphatic rings. The molecule has 1 aromatic heterocycles. The first-order valence-electron chi connectivity index (χ1n) is 2.32. The third-order valence-corrected chi connectivity index (χ3v) is 1.59. The minimum atomic E-state index is -4.37. The van der Waals surface area contributed by atoms with E-state index in [1.807, 2.05) is 0 Å². The van der Waals surface area contributed by atoms with Gasteiger partial charge >= 0.3 is 39.7 Å². The number of hydrogen-bond acceptors (Lipinski definition) is 5. The Morgan fingerprint density at radius 2 is 2.00 bits per heavy atom. The molecule has 0 amide bonds. The van der Waals surface area contributed by atoms with Gasteiger partial charge in [-0.15, -0.1) is 0 Å². The van der Waals surface area contributed by atoms with Crippen LogP contribution < -0.4 is 0 Å². The van der Waals surface area contributed by atoms with E-state index in [0.717, 1.165) is 6.33 Å². The molecule has 1 N–H and O–H groups in total. The van der Waals surface area contributed by atoms with Gasteiger partial charge in [0.2, 0.25) is 5.28 Å². The average molecular weight is 220 g/mol. The van der Waals surface area contributed by atoms with Crippen LogP contribution in [-0.2, 0) is 10.1 Å². The fourth-order valence-electron chi connectivity index (χ4n) is 0.387. The summed E-state index contributed by atoms with van der Waals surface area (Å²) in [6.07, 6.45) is 0.887. The third kappa shape index (κ3) is 3.30. The fourth-order valence-corrected chi connectivity index (χ4v) is 0.943. The van der Waals surface area contributed by atoms with E-state index in [0.29, 0.717) is 0 Å². The molecule has 12 heavy (non-hydrogen) atoms. The molecule has 0 saturated carbocycles. The van der Waals surface area contributed by atoms with E-state index >= 15 is 0 Å². The molecule has 0 unspecified atom stereocenters. The third-order valence-electron chi connectivity index (χ3n) is 0.751. The molecule has 0 aliphatic carbocycles. The maximum atomic E-state index is 10.3. The molecule has 6 nitrogen and oxygen atoms in total. The van der Waals surface area contributed by atoms with Crippen LogP contribution in [0.5, 0.6) is 0 Å². The summed E-state index contributed by atoms with van der Waals surface area (Å²) in [5, 5.41) is -1.04. The normalized spacial score (nSPS) is 10.5. The number of rotatable bonds is 1. The van der Waals surface area contributed by atoms with E-state index in [-0.39, 0.29) is 34.8 Å². The molecule has 0 radical (unpaired) electrons. The van der Waals surface area contributed by atoms with Crippen LogP contribution in [0.1, 0.15) is 0 Å². The van der Waals surface area contributed by atoms with Crippen LogP contribution in [0, 0.1) is 0 Å². The SMILES string of the molecule is O=S(=O)(O)c1ncnc(Cl)n1.[NaH]. The summed E-state index contributed by atoms with van der Waals surface area (Å²) >= 11 is 5.21. The predicted molar refractivity (Wildman–Crippen MR) is 41.8 cm³/mol. The molecule has 0 spiro atoms. The summed E-state index contributed by atoms with van der Waals surface area (Å²) < 4.78 is 29.0. The zero-order chi connectivity index (χ0) is 8.48. The van der Waals surface area contributed by atoms with Crippen molar-refractivity contribution >= 4 is 51.3 Å². The topological polar surface area (TPSA) is 93.0 Å². The molecule has 0 fully saturated rings. The van der Waals surface area contributed by atoms with Gasteiger partial charge in [0.15, 0.2) is 0 Å². The first-order valence-corrected chi connectivity index (χ1v) is 4.14. The Morgan fingerprint density at radius 1 is 1.42 bits per heavy atom. The van der Waals surface area contributed by atoms with Crippen molar-refractivity contribution in [3.05, 3.63) is 11.6 Å². The van der Waals surface area contributed by atoms with Crippen LogP contribution in [0.3, 0.4) is 0 Å². The van der Waals surface area contributed by atoms with Gasteiger partial charge in [0.05, 0.1) is 0 Å². The molecular formula is C3H3ClN3NaO3S. The van der Waals surface area contributed by atoms with Crippen molar-refractivity contribution in [1.29, 1.82) is 0 Å². The van der Waals surface area contributed by atoms with E-state index in [9.17, 15) is 8.42 Å². The second-order valence-electron chi connectivity index (χ2n) is 1.51. The van der Waals surface area contributed by atoms with Gasteiger partial charge in [-0.05, 0) is 11.6 Å². The Bertz CT molecular complexity index is 369. The standard InChI is InChI=1S/C3H2ClN3O3S.Na.H/c4-2-5-1-6-3(7-2)11(8,9)10;;/h1H,(H,8,9,10);;. The first-order chi connectivity index (χ1) is 5.00. The second kappa shape index (κ2) is 4.45. The van der Waals surface area contributed by atoms with Gasteiger partial charge in [-0.3, -0.25) is 4.55 Å². The van der Waals surface area contributed by atoms with Gasteiger partial charge in [0, 0.05) is 0 Å². The molecule has 1 rings (SSSR count). The Balaban J connectivity index is 0.00000121. The van der Waals surface area contributed by atoms with Crippen molar-refractivity contribution in [3.63, 3.8) is 0 Å². The molecule has 0 bridgehead atoms.